The lowest BCUT2D eigenvalue weighted by Crippen LogP contribution is -2.36. The van der Waals surface area contributed by atoms with Gasteiger partial charge in [-0.15, -0.1) is 0 Å². The van der Waals surface area contributed by atoms with Crippen molar-refractivity contribution in [2.45, 2.75) is 31.3 Å². The molecular weight excluding hydrogens is 403 g/mol. The van der Waals surface area contributed by atoms with Crippen LogP contribution < -0.4 is 5.32 Å². The number of nitrogens with zero attached hydrogens (tertiary/aromatic N) is 1. The first kappa shape index (κ1) is 21.7. The van der Waals surface area contributed by atoms with Crippen LogP contribution in [0, 0.1) is 5.82 Å². The van der Waals surface area contributed by atoms with E-state index in [2.05, 4.69) is 5.32 Å². The Morgan fingerprint density at radius 1 is 0.933 bits per heavy atom. The maximum absolute atomic E-state index is 13.2. The molecular formula is C23H23FN2O3S. The zero-order valence-electron chi connectivity index (χ0n) is 16.7. The van der Waals surface area contributed by atoms with E-state index in [0.717, 1.165) is 5.56 Å². The molecule has 3 aromatic carbocycles. The van der Waals surface area contributed by atoms with Gasteiger partial charge in [-0.25, -0.2) is 12.8 Å². The van der Waals surface area contributed by atoms with Crippen LogP contribution in [0.25, 0.3) is 0 Å². The number of halogens is 1. The fraction of sp³-hybridized carbons (Fsp3) is 0.174. The van der Waals surface area contributed by atoms with E-state index in [9.17, 15) is 17.6 Å². The molecule has 0 aromatic heterocycles. The van der Waals surface area contributed by atoms with E-state index < -0.39 is 21.7 Å². The van der Waals surface area contributed by atoms with Crippen molar-refractivity contribution < 1.29 is 17.6 Å². The minimum atomic E-state index is -3.74. The molecule has 0 radical (unpaired) electrons. The Bertz CT molecular complexity index is 1100. The quantitative estimate of drug-likeness (QED) is 0.597. The van der Waals surface area contributed by atoms with Gasteiger partial charge in [0.1, 0.15) is 5.82 Å². The fourth-order valence-electron chi connectivity index (χ4n) is 2.96. The number of hydrogen-bond acceptors (Lipinski definition) is 3. The monoisotopic (exact) mass is 426 g/mol. The summed E-state index contributed by atoms with van der Waals surface area (Å²) in [6.07, 6.45) is 0. The number of sulfonamides is 1. The van der Waals surface area contributed by atoms with Crippen LogP contribution in [0.5, 0.6) is 0 Å². The van der Waals surface area contributed by atoms with Gasteiger partial charge >= 0.3 is 0 Å². The third kappa shape index (κ3) is 5.11. The van der Waals surface area contributed by atoms with Gasteiger partial charge in [-0.1, -0.05) is 30.3 Å². The van der Waals surface area contributed by atoms with E-state index in [1.165, 1.54) is 52.8 Å². The Balaban J connectivity index is 1.78. The molecule has 0 bridgehead atoms. The Morgan fingerprint density at radius 3 is 2.10 bits per heavy atom. The molecule has 7 heteroatoms. The third-order valence-electron chi connectivity index (χ3n) is 4.58. The fourth-order valence-corrected chi connectivity index (χ4v) is 4.58. The Morgan fingerprint density at radius 2 is 1.53 bits per heavy atom. The van der Waals surface area contributed by atoms with Gasteiger partial charge in [0.2, 0.25) is 10.0 Å². The lowest BCUT2D eigenvalue weighted by Gasteiger charge is -2.26. The number of rotatable bonds is 7. The van der Waals surface area contributed by atoms with Gasteiger partial charge in [-0.05, 0) is 67.9 Å². The summed E-state index contributed by atoms with van der Waals surface area (Å²) in [4.78, 5) is 12.5. The predicted octanol–water partition coefficient (Wildman–Crippen LogP) is 4.68. The van der Waals surface area contributed by atoms with Crippen molar-refractivity contribution in [3.8, 4) is 0 Å². The average molecular weight is 427 g/mol. The van der Waals surface area contributed by atoms with E-state index in [-0.39, 0.29) is 17.5 Å². The zero-order chi connectivity index (χ0) is 21.7. The molecule has 156 valence electrons. The molecule has 0 atom stereocenters. The number of carbonyl (C=O) groups is 1. The van der Waals surface area contributed by atoms with Crippen LogP contribution in [0.4, 0.5) is 10.1 Å². The molecule has 0 heterocycles. The summed E-state index contributed by atoms with van der Waals surface area (Å²) < 4.78 is 40.8. The van der Waals surface area contributed by atoms with E-state index in [1.807, 2.05) is 44.2 Å². The second kappa shape index (κ2) is 9.19. The summed E-state index contributed by atoms with van der Waals surface area (Å²) in [7, 11) is -3.74. The normalized spacial score (nSPS) is 11.6. The molecule has 1 N–H and O–H groups in total. The minimum Gasteiger partial charge on any atom is -0.322 e. The first-order valence-corrected chi connectivity index (χ1v) is 10.9. The smallest absolute Gasteiger partial charge is 0.255 e. The van der Waals surface area contributed by atoms with Gasteiger partial charge in [0, 0.05) is 23.8 Å². The second-order valence-corrected chi connectivity index (χ2v) is 9.01. The largest absolute Gasteiger partial charge is 0.322 e. The second-order valence-electron chi connectivity index (χ2n) is 7.12. The van der Waals surface area contributed by atoms with Gasteiger partial charge in [0.05, 0.1) is 4.90 Å². The maximum Gasteiger partial charge on any atom is 0.255 e. The number of amides is 1. The summed E-state index contributed by atoms with van der Waals surface area (Å²) in [5.74, 6) is -0.802. The summed E-state index contributed by atoms with van der Waals surface area (Å²) in [5, 5.41) is 2.65. The zero-order valence-corrected chi connectivity index (χ0v) is 17.6. The van der Waals surface area contributed by atoms with Gasteiger partial charge in [-0.2, -0.15) is 4.31 Å². The van der Waals surface area contributed by atoms with Crippen molar-refractivity contribution in [2.75, 3.05) is 5.32 Å². The van der Waals surface area contributed by atoms with Crippen molar-refractivity contribution in [3.63, 3.8) is 0 Å². The lowest BCUT2D eigenvalue weighted by molar-refractivity contribution is 0.102. The molecule has 0 aliphatic carbocycles. The molecule has 0 fully saturated rings. The summed E-state index contributed by atoms with van der Waals surface area (Å²) in [5.41, 5.74) is 1.65. The van der Waals surface area contributed by atoms with Crippen LogP contribution in [0.15, 0.2) is 83.8 Å². The molecule has 0 saturated heterocycles. The lowest BCUT2D eigenvalue weighted by atomic mass is 10.2. The highest BCUT2D eigenvalue weighted by molar-refractivity contribution is 7.89. The standard InChI is InChI=1S/C23H23FN2O3S/c1-17(2)26(16-18-6-4-3-5-7-18)30(28,29)22-14-8-19(9-15-22)23(27)25-21-12-10-20(24)11-13-21/h3-15,17H,16H2,1-2H3,(H,25,27). The van der Waals surface area contributed by atoms with Crippen LogP contribution in [0.1, 0.15) is 29.8 Å². The maximum atomic E-state index is 13.2. The van der Waals surface area contributed by atoms with Crippen molar-refractivity contribution in [3.05, 3.63) is 95.8 Å². The van der Waals surface area contributed by atoms with Crippen molar-refractivity contribution in [2.24, 2.45) is 0 Å². The number of anilines is 1. The molecule has 0 spiro atoms. The summed E-state index contributed by atoms with van der Waals surface area (Å²) in [6.45, 7) is 3.91. The number of carbonyl (C=O) groups excluding carboxylic acids is 1. The Kier molecular flexibility index (Phi) is 6.64. The van der Waals surface area contributed by atoms with Crippen molar-refractivity contribution in [1.29, 1.82) is 0 Å². The molecule has 1 amide bonds. The highest BCUT2D eigenvalue weighted by Gasteiger charge is 2.27. The van der Waals surface area contributed by atoms with Crippen LogP contribution >= 0.6 is 0 Å². The Hall–Kier alpha value is -3.03. The Labute approximate surface area is 176 Å². The van der Waals surface area contributed by atoms with Crippen molar-refractivity contribution in [1.82, 2.24) is 4.31 Å². The van der Waals surface area contributed by atoms with E-state index >= 15 is 0 Å². The van der Waals surface area contributed by atoms with Crippen LogP contribution in [-0.4, -0.2) is 24.7 Å². The van der Waals surface area contributed by atoms with E-state index in [0.29, 0.717) is 11.3 Å². The summed E-state index contributed by atoms with van der Waals surface area (Å²) in [6, 6.07) is 20.3. The van der Waals surface area contributed by atoms with Crippen LogP contribution in [0.2, 0.25) is 0 Å². The van der Waals surface area contributed by atoms with Crippen LogP contribution in [0.3, 0.4) is 0 Å². The highest BCUT2D eigenvalue weighted by Crippen LogP contribution is 2.22. The van der Waals surface area contributed by atoms with E-state index in [4.69, 9.17) is 0 Å². The SMILES string of the molecule is CC(C)N(Cc1ccccc1)S(=O)(=O)c1ccc(C(=O)Nc2ccc(F)cc2)cc1. The third-order valence-corrected chi connectivity index (χ3v) is 6.62. The number of hydrogen-bond donors (Lipinski definition) is 1. The molecule has 0 saturated carbocycles. The molecule has 30 heavy (non-hydrogen) atoms. The number of benzene rings is 3. The van der Waals surface area contributed by atoms with Gasteiger partial charge < -0.3 is 5.32 Å². The first-order chi connectivity index (χ1) is 14.3. The molecule has 0 aliphatic rings. The minimum absolute atomic E-state index is 0.116. The van der Waals surface area contributed by atoms with Gasteiger partial charge in [0.25, 0.3) is 5.91 Å². The molecule has 3 rings (SSSR count). The van der Waals surface area contributed by atoms with Gasteiger partial charge in [0.15, 0.2) is 0 Å². The first-order valence-electron chi connectivity index (χ1n) is 9.50. The number of nitrogens with one attached hydrogen (secondary N) is 1. The molecule has 5 nitrogen and oxygen atoms in total. The molecule has 3 aromatic rings. The molecule has 0 unspecified atom stereocenters. The highest BCUT2D eigenvalue weighted by atomic mass is 32.2. The average Bonchev–Trinajstić information content (AvgIpc) is 2.74. The summed E-state index contributed by atoms with van der Waals surface area (Å²) >= 11 is 0. The molecule has 0 aliphatic heterocycles. The van der Waals surface area contributed by atoms with Gasteiger partial charge in [-0.3, -0.25) is 4.79 Å². The van der Waals surface area contributed by atoms with Crippen molar-refractivity contribution >= 4 is 21.6 Å². The van der Waals surface area contributed by atoms with E-state index in [1.54, 1.807) is 0 Å². The topological polar surface area (TPSA) is 66.5 Å². The predicted molar refractivity (Wildman–Crippen MR) is 115 cm³/mol. The van der Waals surface area contributed by atoms with Crippen LogP contribution in [-0.2, 0) is 16.6 Å².